The highest BCUT2D eigenvalue weighted by Crippen LogP contribution is 2.15. The van der Waals surface area contributed by atoms with Gasteiger partial charge in [0.2, 0.25) is 0 Å². The summed E-state index contributed by atoms with van der Waals surface area (Å²) in [6, 6.07) is 9.71. The molecule has 0 atom stereocenters. The van der Waals surface area contributed by atoms with Crippen molar-refractivity contribution >= 4 is 34.8 Å². The Morgan fingerprint density at radius 3 is 2.69 bits per heavy atom. The smallest absolute Gasteiger partial charge is 0.351 e. The van der Waals surface area contributed by atoms with Crippen LogP contribution >= 0.6 is 11.3 Å². The molecule has 7 heteroatoms. The van der Waals surface area contributed by atoms with E-state index in [9.17, 15) is 14.9 Å². The largest absolute Gasteiger partial charge is 0.462 e. The summed E-state index contributed by atoms with van der Waals surface area (Å²) in [7, 11) is 0. The molecule has 0 saturated heterocycles. The van der Waals surface area contributed by atoms with Gasteiger partial charge in [-0.25, -0.2) is 4.79 Å². The van der Waals surface area contributed by atoms with Crippen LogP contribution in [0.4, 0.5) is 5.69 Å². The first kappa shape index (κ1) is 19.5. The van der Waals surface area contributed by atoms with E-state index in [4.69, 9.17) is 4.74 Å². The first-order valence-corrected chi connectivity index (χ1v) is 9.24. The van der Waals surface area contributed by atoms with Gasteiger partial charge in [0.1, 0.15) is 15.3 Å². The molecule has 136 valence electrons. The fourth-order valence-corrected chi connectivity index (χ4v) is 3.57. The van der Waals surface area contributed by atoms with E-state index in [2.05, 4.69) is 12.2 Å². The number of benzene rings is 1. The lowest BCUT2D eigenvalue weighted by atomic mass is 10.1. The molecule has 0 fully saturated rings. The van der Waals surface area contributed by atoms with Gasteiger partial charge in [-0.1, -0.05) is 25.1 Å². The Labute approximate surface area is 155 Å². The summed E-state index contributed by atoms with van der Waals surface area (Å²) in [5.74, 6) is -0.714. The van der Waals surface area contributed by atoms with Crippen LogP contribution in [0.2, 0.25) is 0 Å². The van der Waals surface area contributed by atoms with E-state index in [1.807, 2.05) is 30.3 Å². The van der Waals surface area contributed by atoms with Crippen LogP contribution < -0.4 is 20.1 Å². The number of esters is 1. The first-order chi connectivity index (χ1) is 12.6. The van der Waals surface area contributed by atoms with Crippen LogP contribution in [0.3, 0.4) is 0 Å². The molecule has 6 nitrogen and oxygen atoms in total. The van der Waals surface area contributed by atoms with E-state index in [0.29, 0.717) is 15.7 Å². The maximum absolute atomic E-state index is 12.6. The van der Waals surface area contributed by atoms with Gasteiger partial charge < -0.3 is 10.1 Å². The molecule has 0 aliphatic carbocycles. The zero-order valence-corrected chi connectivity index (χ0v) is 15.9. The minimum Gasteiger partial charge on any atom is -0.462 e. The molecular weight excluding hydrogens is 350 g/mol. The molecular formula is C19H21N3O3S. The fourth-order valence-electron chi connectivity index (χ4n) is 2.49. The number of aryl methyl sites for hydroxylation is 1. The number of carbonyl (C=O) groups is 1. The van der Waals surface area contributed by atoms with E-state index in [1.54, 1.807) is 20.0 Å². The van der Waals surface area contributed by atoms with Crippen LogP contribution in [0.25, 0.3) is 11.8 Å². The SMILES string of the molecule is CCOC(=O)C(C#N)=c1sc(=CNc2ccccc2CC)c(=O)n1CC. The second kappa shape index (κ2) is 9.02. The van der Waals surface area contributed by atoms with Gasteiger partial charge in [0, 0.05) is 18.4 Å². The number of anilines is 1. The summed E-state index contributed by atoms with van der Waals surface area (Å²) >= 11 is 1.10. The molecule has 26 heavy (non-hydrogen) atoms. The number of aromatic nitrogens is 1. The highest BCUT2D eigenvalue weighted by Gasteiger charge is 2.16. The van der Waals surface area contributed by atoms with Crippen molar-refractivity contribution in [3.8, 4) is 6.07 Å². The third-order valence-electron chi connectivity index (χ3n) is 3.79. The number of thiazole rings is 1. The van der Waals surface area contributed by atoms with Gasteiger partial charge in [-0.3, -0.25) is 9.36 Å². The number of carbonyl (C=O) groups excluding carboxylic acids is 1. The number of para-hydroxylation sites is 1. The minimum absolute atomic E-state index is 0.149. The normalized spacial score (nSPS) is 12.5. The molecule has 0 aliphatic heterocycles. The van der Waals surface area contributed by atoms with Crippen molar-refractivity contribution in [2.75, 3.05) is 11.9 Å². The van der Waals surface area contributed by atoms with Crippen molar-refractivity contribution in [2.24, 2.45) is 0 Å². The minimum atomic E-state index is -0.714. The molecule has 2 rings (SSSR count). The van der Waals surface area contributed by atoms with E-state index in [-0.39, 0.29) is 17.7 Å². The second-order valence-electron chi connectivity index (χ2n) is 5.33. The fraction of sp³-hybridized carbons (Fsp3) is 0.316. The van der Waals surface area contributed by atoms with Gasteiger partial charge in [-0.15, -0.1) is 11.3 Å². The third kappa shape index (κ3) is 4.03. The van der Waals surface area contributed by atoms with Crippen molar-refractivity contribution in [1.82, 2.24) is 4.57 Å². The van der Waals surface area contributed by atoms with Gasteiger partial charge in [0.15, 0.2) is 5.57 Å². The molecule has 0 radical (unpaired) electrons. The maximum atomic E-state index is 12.6. The zero-order chi connectivity index (χ0) is 19.1. The van der Waals surface area contributed by atoms with E-state index < -0.39 is 5.97 Å². The second-order valence-corrected chi connectivity index (χ2v) is 6.36. The Balaban J connectivity index is 2.59. The van der Waals surface area contributed by atoms with Crippen LogP contribution in [-0.4, -0.2) is 17.1 Å². The molecule has 0 spiro atoms. The van der Waals surface area contributed by atoms with E-state index >= 15 is 0 Å². The van der Waals surface area contributed by atoms with Crippen molar-refractivity contribution in [3.05, 3.63) is 49.4 Å². The summed E-state index contributed by atoms with van der Waals surface area (Å²) in [5, 5.41) is 12.5. The summed E-state index contributed by atoms with van der Waals surface area (Å²) < 4.78 is 7.08. The van der Waals surface area contributed by atoms with Crippen LogP contribution in [0.15, 0.2) is 29.1 Å². The summed E-state index contributed by atoms with van der Waals surface area (Å²) in [5.41, 5.74) is 1.66. The van der Waals surface area contributed by atoms with E-state index in [0.717, 1.165) is 29.0 Å². The molecule has 1 aromatic carbocycles. The monoisotopic (exact) mass is 371 g/mol. The zero-order valence-electron chi connectivity index (χ0n) is 15.0. The van der Waals surface area contributed by atoms with Gasteiger partial charge >= 0.3 is 5.97 Å². The lowest BCUT2D eigenvalue weighted by Crippen LogP contribution is -2.32. The van der Waals surface area contributed by atoms with Crippen LogP contribution in [-0.2, 0) is 22.5 Å². The van der Waals surface area contributed by atoms with Gasteiger partial charge in [-0.05, 0) is 31.9 Å². The lowest BCUT2D eigenvalue weighted by molar-refractivity contribution is -0.136. The number of hydrogen-bond acceptors (Lipinski definition) is 6. The van der Waals surface area contributed by atoms with E-state index in [1.165, 1.54) is 4.57 Å². The number of rotatable bonds is 6. The number of nitriles is 1. The average Bonchev–Trinajstić information content (AvgIpc) is 2.96. The van der Waals surface area contributed by atoms with Crippen molar-refractivity contribution in [1.29, 1.82) is 5.26 Å². The number of hydrogen-bond donors (Lipinski definition) is 1. The quantitative estimate of drug-likeness (QED) is 0.780. The summed E-state index contributed by atoms with van der Waals surface area (Å²) in [6.07, 6.45) is 2.48. The lowest BCUT2D eigenvalue weighted by Gasteiger charge is -2.05. The van der Waals surface area contributed by atoms with Crippen LogP contribution in [0, 0.1) is 11.3 Å². The van der Waals surface area contributed by atoms with Crippen molar-refractivity contribution in [2.45, 2.75) is 33.7 Å². The Morgan fingerprint density at radius 2 is 2.08 bits per heavy atom. The van der Waals surface area contributed by atoms with Gasteiger partial charge in [-0.2, -0.15) is 5.26 Å². The Hall–Kier alpha value is -2.85. The average molecular weight is 371 g/mol. The molecule has 1 aromatic heterocycles. The van der Waals surface area contributed by atoms with Gasteiger partial charge in [0.05, 0.1) is 6.61 Å². The van der Waals surface area contributed by atoms with Crippen LogP contribution in [0.1, 0.15) is 26.3 Å². The van der Waals surface area contributed by atoms with Crippen LogP contribution in [0.5, 0.6) is 0 Å². The molecule has 0 amide bonds. The standard InChI is InChI=1S/C19H21N3O3S/c1-4-13-9-7-8-10-15(13)21-12-16-17(23)22(5-2)18(26-16)14(11-20)19(24)25-6-3/h7-10,12,21H,4-6H2,1-3H3. The number of ether oxygens (including phenoxy) is 1. The molecule has 0 unspecified atom stereocenters. The summed E-state index contributed by atoms with van der Waals surface area (Å²) in [6.45, 7) is 6.04. The highest BCUT2D eigenvalue weighted by atomic mass is 32.1. The van der Waals surface area contributed by atoms with Gasteiger partial charge in [0.25, 0.3) is 5.56 Å². The number of nitrogens with zero attached hydrogens (tertiary/aromatic N) is 2. The molecule has 1 heterocycles. The maximum Gasteiger partial charge on any atom is 0.351 e. The summed E-state index contributed by atoms with van der Waals surface area (Å²) in [4.78, 5) is 24.6. The highest BCUT2D eigenvalue weighted by molar-refractivity contribution is 7.07. The molecule has 0 aliphatic rings. The molecule has 2 aromatic rings. The Kier molecular flexibility index (Phi) is 6.75. The predicted octanol–water partition coefficient (Wildman–Crippen LogP) is 1.58. The molecule has 0 bridgehead atoms. The first-order valence-electron chi connectivity index (χ1n) is 8.43. The predicted molar refractivity (Wildman–Crippen MR) is 103 cm³/mol. The van der Waals surface area contributed by atoms with Crippen molar-refractivity contribution < 1.29 is 9.53 Å². The molecule has 1 N–H and O–H groups in total. The molecule has 0 saturated carbocycles. The Bertz CT molecular complexity index is 1010. The van der Waals surface area contributed by atoms with Crippen molar-refractivity contribution in [3.63, 3.8) is 0 Å². The topological polar surface area (TPSA) is 84.1 Å². The Morgan fingerprint density at radius 1 is 1.35 bits per heavy atom. The third-order valence-corrected chi connectivity index (χ3v) is 4.92. The number of nitrogens with one attached hydrogen (secondary N) is 1.